The number of halogens is 1. The molecule has 0 spiro atoms. The Morgan fingerprint density at radius 3 is 1.53 bits per heavy atom. The van der Waals surface area contributed by atoms with Gasteiger partial charge in [-0.2, -0.15) is 0 Å². The molecule has 0 saturated heterocycles. The van der Waals surface area contributed by atoms with Gasteiger partial charge in [0.15, 0.2) is 0 Å². The number of amides is 3. The van der Waals surface area contributed by atoms with Crippen LogP contribution in [0.2, 0.25) is 0 Å². The van der Waals surface area contributed by atoms with E-state index in [4.69, 9.17) is 5.11 Å². The predicted octanol–water partition coefficient (Wildman–Crippen LogP) is 0.876. The fourth-order valence-corrected chi connectivity index (χ4v) is 5.98. The van der Waals surface area contributed by atoms with Crippen LogP contribution in [-0.2, 0) is 19.2 Å². The highest BCUT2D eigenvalue weighted by molar-refractivity contribution is 14.1. The van der Waals surface area contributed by atoms with Gasteiger partial charge in [-0.25, -0.2) is 8.32 Å². The molecule has 0 fully saturated rings. The zero-order valence-corrected chi connectivity index (χ0v) is 31.4. The van der Waals surface area contributed by atoms with Gasteiger partial charge in [-0.3, -0.25) is 19.2 Å². The number of carboxylic acids is 2. The lowest BCUT2D eigenvalue weighted by Crippen LogP contribution is -2.41. The molecule has 0 aliphatic rings. The van der Waals surface area contributed by atoms with Crippen LogP contribution in [0, 0.1) is 0 Å². The lowest BCUT2D eigenvalue weighted by atomic mass is 9.72. The Morgan fingerprint density at radius 2 is 1.04 bits per heavy atom. The lowest BCUT2D eigenvalue weighted by molar-refractivity contribution is -0.142. The molecule has 1 aromatic rings. The van der Waals surface area contributed by atoms with Gasteiger partial charge in [-0.05, 0) is 61.6 Å². The monoisotopic (exact) mass is 832 g/mol. The van der Waals surface area contributed by atoms with Gasteiger partial charge in [0.1, 0.15) is 12.1 Å². The van der Waals surface area contributed by atoms with Crippen molar-refractivity contribution >= 4 is 77.7 Å². The molecule has 3 amide bonds. The highest BCUT2D eigenvalue weighted by Crippen LogP contribution is 2.13. The van der Waals surface area contributed by atoms with E-state index in [-0.39, 0.29) is 47.6 Å². The van der Waals surface area contributed by atoms with Crippen molar-refractivity contribution in [3.05, 3.63) is 23.8 Å². The summed E-state index contributed by atoms with van der Waals surface area (Å²) >= 11 is 1.79. The maximum Gasteiger partial charge on any atom is 0.488 e. The molecule has 10 N–H and O–H groups in total. The molecule has 0 aliphatic heterocycles. The average molecular weight is 832 g/mol. The van der Waals surface area contributed by atoms with Gasteiger partial charge in [0.2, 0.25) is 11.8 Å². The number of carbonyl (C=O) groups excluding carboxylic acids is 3. The van der Waals surface area contributed by atoms with Crippen LogP contribution in [0.3, 0.4) is 0 Å². The summed E-state index contributed by atoms with van der Waals surface area (Å²) in [6.07, 6.45) is 13.9. The van der Waals surface area contributed by atoms with Gasteiger partial charge in [-0.1, -0.05) is 70.3 Å². The van der Waals surface area contributed by atoms with Gasteiger partial charge in [0, 0.05) is 54.4 Å². The minimum Gasteiger partial charge on any atom is -0.480 e. The lowest BCUT2D eigenvalue weighted by Gasteiger charge is -2.14. The first-order valence-corrected chi connectivity index (χ1v) is 19.0. The number of nitrogens with one attached hydrogen (secondary N) is 4. The number of carbonyl (C=O) groups is 5. The smallest absolute Gasteiger partial charge is 0.480 e. The normalized spacial score (nSPS) is 12.1. The maximum atomic E-state index is 12.4. The summed E-state index contributed by atoms with van der Waals surface area (Å²) in [6.45, 7) is 0.824. The zero-order chi connectivity index (χ0) is 38.0. The summed E-state index contributed by atoms with van der Waals surface area (Å²) in [5.41, 5.74) is 0.126. The number of hydrogen-bond donors (Lipinski definition) is 10. The Balaban J connectivity index is 2.04. The van der Waals surface area contributed by atoms with E-state index < -0.39 is 44.2 Å². The molecular weight excluding hydrogens is 777 g/mol. The number of unbranched alkanes of at least 4 members (excludes halogenated alkanes) is 12. The summed E-state index contributed by atoms with van der Waals surface area (Å²) in [6, 6.07) is 2.05. The molecule has 1 rings (SSSR count). The van der Waals surface area contributed by atoms with E-state index >= 15 is 0 Å². The first kappa shape index (κ1) is 46.3. The highest BCUT2D eigenvalue weighted by atomic mass is 127. The van der Waals surface area contributed by atoms with Crippen LogP contribution in [0.1, 0.15) is 126 Å². The first-order chi connectivity index (χ1) is 24.3. The molecule has 15 nitrogen and oxygen atoms in total. The minimum absolute atomic E-state index is 0.00118. The Morgan fingerprint density at radius 1 is 0.569 bits per heavy atom. The van der Waals surface area contributed by atoms with Gasteiger partial charge < -0.3 is 46.3 Å². The molecule has 0 unspecified atom stereocenters. The largest absolute Gasteiger partial charge is 0.488 e. The van der Waals surface area contributed by atoms with Crippen molar-refractivity contribution < 1.29 is 54.3 Å². The first-order valence-electron chi connectivity index (χ1n) is 17.9. The summed E-state index contributed by atoms with van der Waals surface area (Å²) in [4.78, 5) is 59.3. The second-order valence-corrected chi connectivity index (χ2v) is 13.3. The highest BCUT2D eigenvalue weighted by Gasteiger charge is 2.22. The summed E-state index contributed by atoms with van der Waals surface area (Å²) in [5.74, 6) is -3.19. The van der Waals surface area contributed by atoms with Crippen LogP contribution in [0.4, 0.5) is 0 Å². The molecular formula is C33H55B2IN4O11. The molecule has 0 aromatic heterocycles. The molecule has 1 aromatic carbocycles. The Kier molecular flexibility index (Phi) is 25.2. The third kappa shape index (κ3) is 22.0. The Labute approximate surface area is 314 Å². The number of aliphatic carboxylic acids is 2. The van der Waals surface area contributed by atoms with Crippen LogP contribution < -0.4 is 30.4 Å². The van der Waals surface area contributed by atoms with Gasteiger partial charge in [0.05, 0.1) is 0 Å². The number of benzene rings is 1. The van der Waals surface area contributed by atoms with Crippen LogP contribution in [0.15, 0.2) is 18.2 Å². The van der Waals surface area contributed by atoms with Crippen molar-refractivity contribution in [1.29, 1.82) is 0 Å². The van der Waals surface area contributed by atoms with E-state index in [9.17, 15) is 49.2 Å². The van der Waals surface area contributed by atoms with Gasteiger partial charge in [-0.15, -0.1) is 0 Å². The predicted molar refractivity (Wildman–Crippen MR) is 203 cm³/mol. The second kappa shape index (κ2) is 27.8. The number of rotatable bonds is 30. The number of carboxylic acid groups (broad SMARTS) is 2. The fourth-order valence-electron chi connectivity index (χ4n) is 5.40. The van der Waals surface area contributed by atoms with Crippen LogP contribution in [-0.4, -0.2) is 99.4 Å². The van der Waals surface area contributed by atoms with E-state index in [2.05, 4.69) is 19.5 Å². The summed E-state index contributed by atoms with van der Waals surface area (Å²) in [5, 5.41) is 64.0. The van der Waals surface area contributed by atoms with Crippen LogP contribution in [0.25, 0.3) is 0 Å². The van der Waals surface area contributed by atoms with Crippen molar-refractivity contribution in [3.63, 3.8) is 0 Å². The van der Waals surface area contributed by atoms with E-state index in [0.717, 1.165) is 70.6 Å². The molecule has 51 heavy (non-hydrogen) atoms. The van der Waals surface area contributed by atoms with Crippen molar-refractivity contribution in [2.45, 2.75) is 128 Å². The van der Waals surface area contributed by atoms with Crippen LogP contribution >= 0.6 is 22.9 Å². The standard InChI is InChI=1S/C33H55B2IN4O11/c36-40-28(33(46)47)15-12-14-19-37-29(41)18-17-27(32(44)45)39-30(42)16-11-9-7-5-3-1-2-4-6-8-10-13-20-38-31(43)24-21-25(34(48)49)23-26(22-24)35(50)51/h21-23,27-28,40,48-51H,1-20H2,(H,37,41)(H,38,43)(H,39,42)(H,44,45)(H,46,47)/t27-,28-/m0/s1. The minimum atomic E-state index is -1.83. The van der Waals surface area contributed by atoms with Crippen molar-refractivity contribution in [2.75, 3.05) is 13.1 Å². The van der Waals surface area contributed by atoms with E-state index in [1.54, 1.807) is 22.9 Å². The van der Waals surface area contributed by atoms with E-state index in [1.165, 1.54) is 18.2 Å². The van der Waals surface area contributed by atoms with Crippen molar-refractivity contribution in [3.8, 4) is 0 Å². The summed E-state index contributed by atoms with van der Waals surface area (Å²) in [7, 11) is -3.67. The third-order valence-electron chi connectivity index (χ3n) is 8.42. The summed E-state index contributed by atoms with van der Waals surface area (Å²) < 4.78 is 2.68. The third-order valence-corrected chi connectivity index (χ3v) is 9.17. The SMILES string of the molecule is O=C(CC[C@H](NC(=O)CCCCCCCCCCCCCCNC(=O)c1cc(B(O)O)cc(B(O)O)c1)C(=O)O)NCCCC[C@H](NI)C(=O)O. The second-order valence-electron chi connectivity index (χ2n) is 12.7. The topological polar surface area (TPSA) is 255 Å². The molecule has 286 valence electrons. The van der Waals surface area contributed by atoms with Gasteiger partial charge in [0.25, 0.3) is 5.91 Å². The fraction of sp³-hybridized carbons (Fsp3) is 0.667. The molecule has 0 radical (unpaired) electrons. The molecule has 2 atom stereocenters. The molecule has 0 aliphatic carbocycles. The Hall–Kier alpha value is -2.77. The average Bonchev–Trinajstić information content (AvgIpc) is 3.09. The zero-order valence-electron chi connectivity index (χ0n) is 29.3. The Bertz CT molecular complexity index is 1190. The van der Waals surface area contributed by atoms with Crippen molar-refractivity contribution in [2.24, 2.45) is 0 Å². The van der Waals surface area contributed by atoms with E-state index in [0.29, 0.717) is 38.8 Å². The molecule has 0 saturated carbocycles. The quantitative estimate of drug-likeness (QED) is 0.0225. The van der Waals surface area contributed by atoms with E-state index in [1.807, 2.05) is 0 Å². The van der Waals surface area contributed by atoms with Gasteiger partial charge >= 0.3 is 26.2 Å². The molecule has 0 heterocycles. The number of hydrogen-bond acceptors (Lipinski definition) is 10. The van der Waals surface area contributed by atoms with Crippen molar-refractivity contribution in [1.82, 2.24) is 19.5 Å². The molecule has 18 heteroatoms. The van der Waals surface area contributed by atoms with Crippen LogP contribution in [0.5, 0.6) is 0 Å². The maximum absolute atomic E-state index is 12.4. The molecule has 0 bridgehead atoms.